The molecular formula is C23H30O5. The van der Waals surface area contributed by atoms with Crippen molar-refractivity contribution in [1.82, 2.24) is 0 Å². The van der Waals surface area contributed by atoms with Gasteiger partial charge in [-0.25, -0.2) is 0 Å². The standard InChI is InChI=1S/C23H30O5/c1-16-6-9-18(23(2,3)4)20(14-16)28-13-12-27-19-10-7-17(8-11-22(24)25)15-21(19)26-5/h6-7,9-10,14-15H,8,11-13H2,1-5H3,(H,24,25). The summed E-state index contributed by atoms with van der Waals surface area (Å²) in [5, 5.41) is 8.81. The topological polar surface area (TPSA) is 65.0 Å². The van der Waals surface area contributed by atoms with Crippen LogP contribution in [0.25, 0.3) is 0 Å². The molecule has 5 nitrogen and oxygen atoms in total. The summed E-state index contributed by atoms with van der Waals surface area (Å²) in [4.78, 5) is 10.7. The molecule has 0 saturated heterocycles. The minimum Gasteiger partial charge on any atom is -0.493 e. The van der Waals surface area contributed by atoms with Gasteiger partial charge in [0, 0.05) is 6.42 Å². The number of carboxylic acid groups (broad SMARTS) is 1. The van der Waals surface area contributed by atoms with Gasteiger partial charge in [-0.1, -0.05) is 39.0 Å². The SMILES string of the molecule is COc1cc(CCC(=O)O)ccc1OCCOc1cc(C)ccc1C(C)(C)C. The van der Waals surface area contributed by atoms with E-state index in [1.165, 1.54) is 5.56 Å². The highest BCUT2D eigenvalue weighted by molar-refractivity contribution is 5.67. The van der Waals surface area contributed by atoms with E-state index >= 15 is 0 Å². The van der Waals surface area contributed by atoms with E-state index in [1.54, 1.807) is 7.11 Å². The number of rotatable bonds is 9. The average molecular weight is 386 g/mol. The predicted molar refractivity (Wildman–Crippen MR) is 110 cm³/mol. The van der Waals surface area contributed by atoms with E-state index in [-0.39, 0.29) is 11.8 Å². The number of carboxylic acids is 1. The lowest BCUT2D eigenvalue weighted by Crippen LogP contribution is -2.16. The van der Waals surface area contributed by atoms with Gasteiger partial charge in [0.1, 0.15) is 19.0 Å². The molecule has 1 N–H and O–H groups in total. The maximum atomic E-state index is 10.7. The van der Waals surface area contributed by atoms with Gasteiger partial charge < -0.3 is 19.3 Å². The van der Waals surface area contributed by atoms with Crippen LogP contribution in [-0.2, 0) is 16.6 Å². The zero-order valence-electron chi connectivity index (χ0n) is 17.4. The Bertz CT molecular complexity index is 805. The molecule has 152 valence electrons. The Hall–Kier alpha value is -2.69. The van der Waals surface area contributed by atoms with Crippen LogP contribution < -0.4 is 14.2 Å². The number of benzene rings is 2. The zero-order valence-corrected chi connectivity index (χ0v) is 17.4. The number of methoxy groups -OCH3 is 1. The van der Waals surface area contributed by atoms with E-state index < -0.39 is 5.97 Å². The molecule has 0 saturated carbocycles. The molecule has 0 fully saturated rings. The number of carbonyl (C=O) groups is 1. The second-order valence-electron chi connectivity index (χ2n) is 7.83. The molecule has 0 atom stereocenters. The molecule has 0 heterocycles. The molecule has 5 heteroatoms. The second-order valence-corrected chi connectivity index (χ2v) is 7.83. The Kier molecular flexibility index (Phi) is 7.32. The van der Waals surface area contributed by atoms with E-state index in [2.05, 4.69) is 39.0 Å². The van der Waals surface area contributed by atoms with Crippen molar-refractivity contribution in [3.05, 3.63) is 53.1 Å². The first-order valence-corrected chi connectivity index (χ1v) is 9.46. The van der Waals surface area contributed by atoms with E-state index in [1.807, 2.05) is 25.1 Å². The summed E-state index contributed by atoms with van der Waals surface area (Å²) in [6.07, 6.45) is 0.543. The monoisotopic (exact) mass is 386 g/mol. The molecule has 0 aliphatic rings. The minimum atomic E-state index is -0.817. The highest BCUT2D eigenvalue weighted by Crippen LogP contribution is 2.32. The van der Waals surface area contributed by atoms with Crippen LogP contribution in [0, 0.1) is 6.92 Å². The Morgan fingerprint density at radius 2 is 1.64 bits per heavy atom. The molecule has 0 aliphatic heterocycles. The number of hydrogen-bond acceptors (Lipinski definition) is 4. The lowest BCUT2D eigenvalue weighted by molar-refractivity contribution is -0.136. The predicted octanol–water partition coefficient (Wildman–Crippen LogP) is 4.78. The van der Waals surface area contributed by atoms with Crippen LogP contribution in [-0.4, -0.2) is 31.4 Å². The third kappa shape index (κ3) is 6.19. The lowest BCUT2D eigenvalue weighted by Gasteiger charge is -2.23. The molecule has 2 aromatic rings. The van der Waals surface area contributed by atoms with Gasteiger partial charge in [0.15, 0.2) is 11.5 Å². The third-order valence-corrected chi connectivity index (χ3v) is 4.40. The molecule has 0 unspecified atom stereocenters. The smallest absolute Gasteiger partial charge is 0.303 e. The van der Waals surface area contributed by atoms with E-state index in [0.717, 1.165) is 16.9 Å². The van der Waals surface area contributed by atoms with Gasteiger partial charge in [-0.2, -0.15) is 0 Å². The van der Waals surface area contributed by atoms with Gasteiger partial charge in [0.2, 0.25) is 0 Å². The summed E-state index contributed by atoms with van der Waals surface area (Å²) in [6, 6.07) is 11.8. The third-order valence-electron chi connectivity index (χ3n) is 4.40. The van der Waals surface area contributed by atoms with Crippen LogP contribution in [0.3, 0.4) is 0 Å². The van der Waals surface area contributed by atoms with Crippen molar-refractivity contribution in [1.29, 1.82) is 0 Å². The van der Waals surface area contributed by atoms with Crippen molar-refractivity contribution in [3.63, 3.8) is 0 Å². The van der Waals surface area contributed by atoms with Gasteiger partial charge in [0.05, 0.1) is 7.11 Å². The maximum absolute atomic E-state index is 10.7. The minimum absolute atomic E-state index is 0.00110. The fraction of sp³-hybridized carbons (Fsp3) is 0.435. The Balaban J connectivity index is 1.97. The van der Waals surface area contributed by atoms with Crippen molar-refractivity contribution in [2.75, 3.05) is 20.3 Å². The van der Waals surface area contributed by atoms with Gasteiger partial charge in [-0.3, -0.25) is 4.79 Å². The van der Waals surface area contributed by atoms with Crippen molar-refractivity contribution in [3.8, 4) is 17.2 Å². The van der Waals surface area contributed by atoms with Crippen molar-refractivity contribution >= 4 is 5.97 Å². The maximum Gasteiger partial charge on any atom is 0.303 e. The molecule has 0 bridgehead atoms. The highest BCUT2D eigenvalue weighted by atomic mass is 16.5. The molecular weight excluding hydrogens is 356 g/mol. The quantitative estimate of drug-likeness (QED) is 0.629. The van der Waals surface area contributed by atoms with E-state index in [4.69, 9.17) is 19.3 Å². The summed E-state index contributed by atoms with van der Waals surface area (Å²) in [5.41, 5.74) is 3.22. The first-order valence-electron chi connectivity index (χ1n) is 9.46. The van der Waals surface area contributed by atoms with Crippen molar-refractivity contribution < 1.29 is 24.1 Å². The summed E-state index contributed by atoms with van der Waals surface area (Å²) in [7, 11) is 1.57. The Labute approximate surface area is 167 Å². The molecule has 0 aliphatic carbocycles. The van der Waals surface area contributed by atoms with Crippen molar-refractivity contribution in [2.45, 2.75) is 46.0 Å². The average Bonchev–Trinajstić information content (AvgIpc) is 2.63. The van der Waals surface area contributed by atoms with Crippen molar-refractivity contribution in [2.24, 2.45) is 0 Å². The molecule has 28 heavy (non-hydrogen) atoms. The summed E-state index contributed by atoms with van der Waals surface area (Å²) >= 11 is 0. The lowest BCUT2D eigenvalue weighted by atomic mass is 9.86. The number of hydrogen-bond donors (Lipinski definition) is 1. The van der Waals surface area contributed by atoms with Crippen LogP contribution >= 0.6 is 0 Å². The van der Waals surface area contributed by atoms with Crippen LogP contribution in [0.4, 0.5) is 0 Å². The van der Waals surface area contributed by atoms with E-state index in [9.17, 15) is 4.79 Å². The first-order chi connectivity index (χ1) is 13.2. The largest absolute Gasteiger partial charge is 0.493 e. The second kappa shape index (κ2) is 9.49. The molecule has 2 rings (SSSR count). The first kappa shape index (κ1) is 21.6. The van der Waals surface area contributed by atoms with Crippen LogP contribution in [0.1, 0.15) is 43.9 Å². The normalized spacial score (nSPS) is 11.2. The van der Waals surface area contributed by atoms with Gasteiger partial charge >= 0.3 is 5.97 Å². The molecule has 2 aromatic carbocycles. The number of ether oxygens (including phenoxy) is 3. The fourth-order valence-electron chi connectivity index (χ4n) is 2.91. The van der Waals surface area contributed by atoms with Crippen LogP contribution in [0.5, 0.6) is 17.2 Å². The van der Waals surface area contributed by atoms with E-state index in [0.29, 0.717) is 31.1 Å². The molecule has 0 radical (unpaired) electrons. The summed E-state index contributed by atoms with van der Waals surface area (Å²) in [6.45, 7) is 9.33. The summed E-state index contributed by atoms with van der Waals surface area (Å²) in [5.74, 6) is 1.27. The molecule has 0 aromatic heterocycles. The number of aliphatic carboxylic acids is 1. The Morgan fingerprint density at radius 3 is 2.25 bits per heavy atom. The van der Waals surface area contributed by atoms with Crippen LogP contribution in [0.2, 0.25) is 0 Å². The zero-order chi connectivity index (χ0) is 20.7. The highest BCUT2D eigenvalue weighted by Gasteiger charge is 2.19. The fourth-order valence-corrected chi connectivity index (χ4v) is 2.91. The van der Waals surface area contributed by atoms with Gasteiger partial charge in [0.25, 0.3) is 0 Å². The number of aryl methyl sites for hydroxylation is 2. The Morgan fingerprint density at radius 1 is 0.964 bits per heavy atom. The van der Waals surface area contributed by atoms with Crippen LogP contribution in [0.15, 0.2) is 36.4 Å². The summed E-state index contributed by atoms with van der Waals surface area (Å²) < 4.78 is 17.2. The van der Waals surface area contributed by atoms with Gasteiger partial charge in [-0.05, 0) is 53.6 Å². The molecule has 0 amide bonds. The van der Waals surface area contributed by atoms with Gasteiger partial charge in [-0.15, -0.1) is 0 Å². The molecule has 0 spiro atoms.